The van der Waals surface area contributed by atoms with Gasteiger partial charge in [-0.25, -0.2) is 0 Å². The van der Waals surface area contributed by atoms with E-state index in [9.17, 15) is 10.1 Å². The molecule has 4 nitrogen and oxygen atoms in total. The Labute approximate surface area is 109 Å². The second-order valence-corrected chi connectivity index (χ2v) is 4.64. The van der Waals surface area contributed by atoms with E-state index in [1.165, 1.54) is 6.07 Å². The number of nitro groups is 1. The van der Waals surface area contributed by atoms with Gasteiger partial charge in [-0.15, -0.1) is 0 Å². The predicted molar refractivity (Wildman–Crippen MR) is 68.7 cm³/mol. The molecule has 90 valence electrons. The predicted octanol–water partition coefficient (Wildman–Crippen LogP) is 3.49. The number of para-hydroxylation sites is 2. The minimum Gasteiger partial charge on any atom is -0.360 e. The third kappa shape index (κ3) is 2.53. The molecule has 0 unspecified atom stereocenters. The molecule has 0 amide bonds. The Morgan fingerprint density at radius 2 is 1.94 bits per heavy atom. The highest BCUT2D eigenvalue weighted by molar-refractivity contribution is 6.39. The molecule has 0 spiro atoms. The number of benzene rings is 1. The van der Waals surface area contributed by atoms with Crippen molar-refractivity contribution in [1.82, 2.24) is 0 Å². The lowest BCUT2D eigenvalue weighted by Crippen LogP contribution is -2.30. The Hall–Kier alpha value is -1.26. The molecule has 0 N–H and O–H groups in total. The van der Waals surface area contributed by atoms with Crippen LogP contribution in [0.5, 0.6) is 0 Å². The second-order valence-electron chi connectivity index (χ2n) is 3.73. The van der Waals surface area contributed by atoms with Crippen molar-refractivity contribution < 1.29 is 4.92 Å². The molecule has 0 bridgehead atoms. The Bertz CT molecular complexity index is 488. The summed E-state index contributed by atoms with van der Waals surface area (Å²) >= 11 is 11.9. The van der Waals surface area contributed by atoms with Crippen molar-refractivity contribution in [2.45, 2.75) is 6.42 Å². The molecule has 1 aromatic carbocycles. The van der Waals surface area contributed by atoms with Gasteiger partial charge in [0.1, 0.15) is 5.69 Å². The van der Waals surface area contributed by atoms with Gasteiger partial charge < -0.3 is 4.90 Å². The summed E-state index contributed by atoms with van der Waals surface area (Å²) in [6.07, 6.45) is 0.617. The SMILES string of the molecule is O=[N+]([O-])c1ccccc1N1CCC(Cl)=C(Cl)C1. The van der Waals surface area contributed by atoms with Crippen molar-refractivity contribution in [2.75, 3.05) is 18.0 Å². The summed E-state index contributed by atoms with van der Waals surface area (Å²) < 4.78 is 0. The van der Waals surface area contributed by atoms with Gasteiger partial charge in [0, 0.05) is 24.1 Å². The molecule has 2 rings (SSSR count). The first-order valence-electron chi connectivity index (χ1n) is 5.11. The monoisotopic (exact) mass is 272 g/mol. The molecular formula is C11H10Cl2N2O2. The fourth-order valence-electron chi connectivity index (χ4n) is 1.79. The van der Waals surface area contributed by atoms with Crippen LogP contribution in [0.4, 0.5) is 11.4 Å². The number of hydrogen-bond acceptors (Lipinski definition) is 3. The van der Waals surface area contributed by atoms with Gasteiger partial charge in [-0.3, -0.25) is 10.1 Å². The van der Waals surface area contributed by atoms with Crippen LogP contribution in [-0.4, -0.2) is 18.0 Å². The van der Waals surface area contributed by atoms with Crippen LogP contribution in [-0.2, 0) is 0 Å². The fourth-order valence-corrected chi connectivity index (χ4v) is 2.18. The maximum Gasteiger partial charge on any atom is 0.292 e. The summed E-state index contributed by atoms with van der Waals surface area (Å²) in [4.78, 5) is 12.4. The highest BCUT2D eigenvalue weighted by Gasteiger charge is 2.23. The zero-order chi connectivity index (χ0) is 12.4. The molecule has 1 aliphatic rings. The molecule has 0 radical (unpaired) electrons. The van der Waals surface area contributed by atoms with Gasteiger partial charge in [0.05, 0.1) is 16.5 Å². The fraction of sp³-hybridized carbons (Fsp3) is 0.273. The first kappa shape index (κ1) is 12.2. The summed E-state index contributed by atoms with van der Waals surface area (Å²) in [5.41, 5.74) is 0.676. The van der Waals surface area contributed by atoms with Crippen LogP contribution < -0.4 is 4.90 Å². The minimum absolute atomic E-state index is 0.0926. The standard InChI is InChI=1S/C11H10Cl2N2O2/c12-8-5-6-14(7-9(8)13)10-3-1-2-4-11(10)15(16)17/h1-4H,5-7H2. The number of halogens is 2. The summed E-state index contributed by atoms with van der Waals surface area (Å²) in [5.74, 6) is 0. The molecule has 0 saturated carbocycles. The van der Waals surface area contributed by atoms with Crippen LogP contribution in [0.1, 0.15) is 6.42 Å². The lowest BCUT2D eigenvalue weighted by atomic mass is 10.2. The Balaban J connectivity index is 2.33. The normalized spacial score (nSPS) is 16.2. The molecule has 0 atom stereocenters. The topological polar surface area (TPSA) is 46.4 Å². The average molecular weight is 273 g/mol. The van der Waals surface area contributed by atoms with Crippen molar-refractivity contribution in [2.24, 2.45) is 0 Å². The van der Waals surface area contributed by atoms with E-state index in [0.29, 0.717) is 35.3 Å². The molecule has 0 aliphatic carbocycles. The Kier molecular flexibility index (Phi) is 3.54. The van der Waals surface area contributed by atoms with Crippen molar-refractivity contribution >= 4 is 34.6 Å². The van der Waals surface area contributed by atoms with E-state index in [2.05, 4.69) is 0 Å². The zero-order valence-corrected chi connectivity index (χ0v) is 10.4. The third-order valence-electron chi connectivity index (χ3n) is 2.64. The lowest BCUT2D eigenvalue weighted by molar-refractivity contribution is -0.384. The van der Waals surface area contributed by atoms with Crippen LogP contribution in [0.15, 0.2) is 34.3 Å². The molecule has 1 aromatic rings. The minimum atomic E-state index is -0.386. The van der Waals surface area contributed by atoms with Gasteiger partial charge in [0.2, 0.25) is 0 Å². The first-order chi connectivity index (χ1) is 8.09. The lowest BCUT2D eigenvalue weighted by Gasteiger charge is -2.28. The molecule has 6 heteroatoms. The van der Waals surface area contributed by atoms with Crippen LogP contribution >= 0.6 is 23.2 Å². The molecule has 17 heavy (non-hydrogen) atoms. The second kappa shape index (κ2) is 4.94. The number of rotatable bonds is 2. The number of nitrogens with zero attached hydrogens (tertiary/aromatic N) is 2. The van der Waals surface area contributed by atoms with Crippen molar-refractivity contribution in [3.8, 4) is 0 Å². The molecule has 0 aromatic heterocycles. The van der Waals surface area contributed by atoms with Crippen molar-refractivity contribution in [3.63, 3.8) is 0 Å². The van der Waals surface area contributed by atoms with E-state index in [-0.39, 0.29) is 10.6 Å². The number of hydrogen-bond donors (Lipinski definition) is 0. The number of anilines is 1. The van der Waals surface area contributed by atoms with Crippen LogP contribution in [0.3, 0.4) is 0 Å². The van der Waals surface area contributed by atoms with Gasteiger partial charge in [0.15, 0.2) is 0 Å². The molecule has 0 saturated heterocycles. The summed E-state index contributed by atoms with van der Waals surface area (Å²) in [5, 5.41) is 12.1. The van der Waals surface area contributed by atoms with Crippen molar-refractivity contribution in [1.29, 1.82) is 0 Å². The van der Waals surface area contributed by atoms with Gasteiger partial charge in [-0.05, 0) is 6.07 Å². The Morgan fingerprint density at radius 3 is 2.59 bits per heavy atom. The largest absolute Gasteiger partial charge is 0.360 e. The molecule has 0 fully saturated rings. The zero-order valence-electron chi connectivity index (χ0n) is 8.90. The van der Waals surface area contributed by atoms with E-state index in [1.807, 2.05) is 4.90 Å². The Morgan fingerprint density at radius 1 is 1.24 bits per heavy atom. The van der Waals surface area contributed by atoms with E-state index in [4.69, 9.17) is 23.2 Å². The summed E-state index contributed by atoms with van der Waals surface area (Å²) in [7, 11) is 0. The van der Waals surface area contributed by atoms with Gasteiger partial charge in [-0.1, -0.05) is 35.3 Å². The smallest absolute Gasteiger partial charge is 0.292 e. The third-order valence-corrected chi connectivity index (χ3v) is 3.51. The maximum absolute atomic E-state index is 10.9. The van der Waals surface area contributed by atoms with E-state index < -0.39 is 0 Å². The highest BCUT2D eigenvalue weighted by Crippen LogP contribution is 2.33. The van der Waals surface area contributed by atoms with Gasteiger partial charge >= 0.3 is 0 Å². The van der Waals surface area contributed by atoms with Crippen LogP contribution in [0.2, 0.25) is 0 Å². The van der Waals surface area contributed by atoms with Gasteiger partial charge in [0.25, 0.3) is 5.69 Å². The van der Waals surface area contributed by atoms with Crippen LogP contribution in [0.25, 0.3) is 0 Å². The molecule has 1 aliphatic heterocycles. The summed E-state index contributed by atoms with van der Waals surface area (Å²) in [6.45, 7) is 1.06. The maximum atomic E-state index is 10.9. The number of nitro benzene ring substituents is 1. The highest BCUT2D eigenvalue weighted by atomic mass is 35.5. The average Bonchev–Trinajstić information content (AvgIpc) is 2.32. The van der Waals surface area contributed by atoms with Gasteiger partial charge in [-0.2, -0.15) is 0 Å². The van der Waals surface area contributed by atoms with E-state index in [0.717, 1.165) is 0 Å². The van der Waals surface area contributed by atoms with E-state index in [1.54, 1.807) is 18.2 Å². The van der Waals surface area contributed by atoms with E-state index >= 15 is 0 Å². The molecule has 1 heterocycles. The van der Waals surface area contributed by atoms with Crippen molar-refractivity contribution in [3.05, 3.63) is 44.4 Å². The van der Waals surface area contributed by atoms with Crippen LogP contribution in [0, 0.1) is 10.1 Å². The first-order valence-corrected chi connectivity index (χ1v) is 5.86. The summed E-state index contributed by atoms with van der Waals surface area (Å²) in [6, 6.07) is 6.64. The molecular weight excluding hydrogens is 263 g/mol. The quantitative estimate of drug-likeness (QED) is 0.612.